The van der Waals surface area contributed by atoms with E-state index in [2.05, 4.69) is 0 Å². The maximum absolute atomic E-state index is 9.88. The first-order valence-corrected chi connectivity index (χ1v) is 6.23. The van der Waals surface area contributed by atoms with Gasteiger partial charge in [-0.25, -0.2) is 0 Å². The molecule has 7 heteroatoms. The first-order chi connectivity index (χ1) is 9.54. The zero-order valence-corrected chi connectivity index (χ0v) is 10.6. The van der Waals surface area contributed by atoms with Gasteiger partial charge in [-0.1, -0.05) is 30.3 Å². The Bertz CT molecular complexity index is 410. The van der Waals surface area contributed by atoms with Crippen molar-refractivity contribution in [1.29, 1.82) is 0 Å². The molecular weight excluding hydrogens is 268 g/mol. The first-order valence-electron chi connectivity index (χ1n) is 6.23. The maximum Gasteiger partial charge on any atom is 0.190 e. The van der Waals surface area contributed by atoms with Gasteiger partial charge in [0.1, 0.15) is 24.4 Å². The lowest BCUT2D eigenvalue weighted by Gasteiger charge is -2.40. The van der Waals surface area contributed by atoms with Gasteiger partial charge in [-0.05, 0) is 0 Å². The minimum atomic E-state index is -1.54. The van der Waals surface area contributed by atoms with E-state index < -0.39 is 43.6 Å². The summed E-state index contributed by atoms with van der Waals surface area (Å²) >= 11 is 0. The quantitative estimate of drug-likeness (QED) is 0.427. The molecule has 2 rings (SSSR count). The van der Waals surface area contributed by atoms with Crippen molar-refractivity contribution in [3.05, 3.63) is 35.9 Å². The Hall–Kier alpha value is -1.06. The Balaban J connectivity index is 2.04. The highest BCUT2D eigenvalue weighted by Gasteiger charge is 2.44. The third kappa shape index (κ3) is 3.15. The van der Waals surface area contributed by atoms with Crippen LogP contribution < -0.4 is 0 Å². The molecule has 112 valence electrons. The largest absolute Gasteiger partial charge is 0.394 e. The number of benzene rings is 1. The van der Waals surface area contributed by atoms with E-state index >= 15 is 0 Å². The van der Waals surface area contributed by atoms with Crippen LogP contribution in [0.15, 0.2) is 30.3 Å². The van der Waals surface area contributed by atoms with Gasteiger partial charge in [0.2, 0.25) is 0 Å². The van der Waals surface area contributed by atoms with Crippen LogP contribution in [-0.4, -0.2) is 62.8 Å². The maximum atomic E-state index is 9.88. The zero-order valence-electron chi connectivity index (χ0n) is 10.6. The van der Waals surface area contributed by atoms with E-state index in [1.807, 2.05) is 0 Å². The number of hydrogen-bond donors (Lipinski definition) is 5. The molecule has 7 nitrogen and oxygen atoms in total. The molecule has 0 aromatic heterocycles. The molecule has 5 N–H and O–H groups in total. The second-order valence-corrected chi connectivity index (χ2v) is 4.60. The summed E-state index contributed by atoms with van der Waals surface area (Å²) in [6, 6.07) is 8.41. The third-order valence-corrected chi connectivity index (χ3v) is 3.20. The van der Waals surface area contributed by atoms with E-state index in [0.29, 0.717) is 5.56 Å². The lowest BCUT2D eigenvalue weighted by molar-refractivity contribution is -0.333. The summed E-state index contributed by atoms with van der Waals surface area (Å²) in [5.41, 5.74) is 0.449. The average Bonchev–Trinajstić information content (AvgIpc) is 2.48. The fraction of sp³-hybridized carbons (Fsp3) is 0.538. The Kier molecular flexibility index (Phi) is 5.06. The summed E-state index contributed by atoms with van der Waals surface area (Å²) in [7, 11) is 0. The molecular formula is C13H18O7. The molecule has 0 aliphatic carbocycles. The lowest BCUT2D eigenvalue weighted by atomic mass is 9.99. The van der Waals surface area contributed by atoms with E-state index in [-0.39, 0.29) is 0 Å². The number of aliphatic hydroxyl groups excluding tert-OH is 5. The van der Waals surface area contributed by atoms with E-state index in [0.717, 1.165) is 0 Å². The second-order valence-electron chi connectivity index (χ2n) is 4.60. The Morgan fingerprint density at radius 2 is 1.70 bits per heavy atom. The summed E-state index contributed by atoms with van der Waals surface area (Å²) < 4.78 is 10.3. The van der Waals surface area contributed by atoms with Crippen LogP contribution in [-0.2, 0) is 9.47 Å². The van der Waals surface area contributed by atoms with Gasteiger partial charge in [0.15, 0.2) is 12.6 Å². The Morgan fingerprint density at radius 3 is 2.30 bits per heavy atom. The van der Waals surface area contributed by atoms with Crippen molar-refractivity contribution in [2.75, 3.05) is 6.61 Å². The SMILES string of the molecule is OC[C@H]1O[C@H](OC(O)c2ccccc2)[C@H](O)[C@@H](O)[C@@H]1O. The van der Waals surface area contributed by atoms with E-state index in [1.165, 1.54) is 0 Å². The molecule has 1 aliphatic heterocycles. The highest BCUT2D eigenvalue weighted by atomic mass is 16.7. The smallest absolute Gasteiger partial charge is 0.190 e. The number of rotatable bonds is 4. The summed E-state index contributed by atoms with van der Waals surface area (Å²) in [5.74, 6) is 0. The molecule has 0 saturated carbocycles. The number of aliphatic hydroxyl groups is 5. The predicted molar refractivity (Wildman–Crippen MR) is 66.3 cm³/mol. The molecule has 1 aliphatic rings. The lowest BCUT2D eigenvalue weighted by Crippen LogP contribution is -2.59. The fourth-order valence-electron chi connectivity index (χ4n) is 2.00. The van der Waals surface area contributed by atoms with Gasteiger partial charge in [-0.3, -0.25) is 0 Å². The van der Waals surface area contributed by atoms with E-state index in [9.17, 15) is 20.4 Å². The normalized spacial score (nSPS) is 35.8. The van der Waals surface area contributed by atoms with Crippen molar-refractivity contribution in [3.63, 3.8) is 0 Å². The van der Waals surface area contributed by atoms with Crippen LogP contribution in [0.1, 0.15) is 11.9 Å². The van der Waals surface area contributed by atoms with Crippen LogP contribution >= 0.6 is 0 Å². The molecule has 1 fully saturated rings. The third-order valence-electron chi connectivity index (χ3n) is 3.20. The molecule has 1 aromatic rings. The van der Waals surface area contributed by atoms with Crippen LogP contribution in [0.3, 0.4) is 0 Å². The molecule has 1 heterocycles. The molecule has 0 spiro atoms. The standard InChI is InChI=1S/C13H18O7/c14-6-8-9(15)10(16)11(17)13(19-8)20-12(18)7-4-2-1-3-5-7/h1-5,8-18H,6H2/t8-,9-,10+,11-,12?,13-/m1/s1. The van der Waals surface area contributed by atoms with Gasteiger partial charge in [-0.15, -0.1) is 0 Å². The van der Waals surface area contributed by atoms with Crippen molar-refractivity contribution in [2.45, 2.75) is 37.0 Å². The molecule has 1 saturated heterocycles. The van der Waals surface area contributed by atoms with Crippen molar-refractivity contribution < 1.29 is 35.0 Å². The topological polar surface area (TPSA) is 120 Å². The molecule has 0 radical (unpaired) electrons. The molecule has 6 atom stereocenters. The van der Waals surface area contributed by atoms with Crippen LogP contribution in [0.2, 0.25) is 0 Å². The molecule has 0 bridgehead atoms. The second kappa shape index (κ2) is 6.59. The van der Waals surface area contributed by atoms with Gasteiger partial charge in [0.05, 0.1) is 6.61 Å². The highest BCUT2D eigenvalue weighted by Crippen LogP contribution is 2.26. The Labute approximate surface area is 115 Å². The minimum absolute atomic E-state index is 0.449. The summed E-state index contributed by atoms with van der Waals surface area (Å²) in [6.45, 7) is -0.549. The van der Waals surface area contributed by atoms with Crippen LogP contribution in [0.5, 0.6) is 0 Å². The predicted octanol–water partition coefficient (Wildman–Crippen LogP) is -1.51. The van der Waals surface area contributed by atoms with Gasteiger partial charge < -0.3 is 35.0 Å². The van der Waals surface area contributed by atoms with Crippen molar-refractivity contribution in [3.8, 4) is 0 Å². The van der Waals surface area contributed by atoms with Crippen LogP contribution in [0, 0.1) is 0 Å². The van der Waals surface area contributed by atoms with E-state index in [4.69, 9.17) is 14.6 Å². The highest BCUT2D eigenvalue weighted by molar-refractivity contribution is 5.15. The molecule has 0 amide bonds. The van der Waals surface area contributed by atoms with Crippen LogP contribution in [0.25, 0.3) is 0 Å². The number of hydrogen-bond acceptors (Lipinski definition) is 7. The van der Waals surface area contributed by atoms with Gasteiger partial charge in [-0.2, -0.15) is 0 Å². The molecule has 1 unspecified atom stereocenters. The summed E-state index contributed by atoms with van der Waals surface area (Å²) in [4.78, 5) is 0. The van der Waals surface area contributed by atoms with Gasteiger partial charge in [0, 0.05) is 5.56 Å². The zero-order chi connectivity index (χ0) is 14.7. The molecule has 1 aromatic carbocycles. The minimum Gasteiger partial charge on any atom is -0.394 e. The van der Waals surface area contributed by atoms with Crippen molar-refractivity contribution in [2.24, 2.45) is 0 Å². The van der Waals surface area contributed by atoms with Gasteiger partial charge in [0.25, 0.3) is 0 Å². The monoisotopic (exact) mass is 286 g/mol. The first kappa shape index (κ1) is 15.3. The average molecular weight is 286 g/mol. The van der Waals surface area contributed by atoms with Crippen LogP contribution in [0.4, 0.5) is 0 Å². The number of ether oxygens (including phenoxy) is 2. The van der Waals surface area contributed by atoms with Gasteiger partial charge >= 0.3 is 0 Å². The van der Waals surface area contributed by atoms with E-state index in [1.54, 1.807) is 30.3 Å². The molecule has 20 heavy (non-hydrogen) atoms. The van der Waals surface area contributed by atoms with Crippen molar-refractivity contribution in [1.82, 2.24) is 0 Å². The Morgan fingerprint density at radius 1 is 1.05 bits per heavy atom. The fourth-order valence-corrected chi connectivity index (χ4v) is 2.00. The summed E-state index contributed by atoms with van der Waals surface area (Å²) in [5, 5.41) is 47.9. The van der Waals surface area contributed by atoms with Crippen molar-refractivity contribution >= 4 is 0 Å². The summed E-state index contributed by atoms with van der Waals surface area (Å²) in [6.07, 6.45) is -8.32.